The average molecular weight is 330 g/mol. The summed E-state index contributed by atoms with van der Waals surface area (Å²) in [7, 11) is 4.06. The molecule has 0 N–H and O–H groups in total. The van der Waals surface area contributed by atoms with E-state index in [0.29, 0.717) is 0 Å². The van der Waals surface area contributed by atoms with Crippen molar-refractivity contribution in [3.63, 3.8) is 0 Å². The van der Waals surface area contributed by atoms with Gasteiger partial charge in [0.2, 0.25) is 12.7 Å². The third-order valence-electron chi connectivity index (χ3n) is 4.42. The lowest BCUT2D eigenvalue weighted by Crippen LogP contribution is -2.23. The zero-order valence-corrected chi connectivity index (χ0v) is 14.6. The molecule has 4 heteroatoms. The van der Waals surface area contributed by atoms with E-state index in [9.17, 15) is 0 Å². The molecule has 0 saturated carbocycles. The second-order valence-corrected chi connectivity index (χ2v) is 6.48. The zero-order chi connectivity index (χ0) is 17.2. The molecule has 0 saturated heterocycles. The molecule has 2 heterocycles. The van der Waals surface area contributed by atoms with Crippen molar-refractivity contribution < 1.29 is 9.13 Å². The van der Waals surface area contributed by atoms with Gasteiger partial charge in [-0.2, -0.15) is 0 Å². The van der Waals surface area contributed by atoms with Gasteiger partial charge in [0.1, 0.15) is 36.2 Å². The summed E-state index contributed by atoms with van der Waals surface area (Å²) in [6, 6.07) is 17.5. The van der Waals surface area contributed by atoms with Crippen LogP contribution in [0.5, 0.6) is 0 Å². The van der Waals surface area contributed by atoms with Crippen molar-refractivity contribution in [3.05, 3.63) is 97.1 Å². The predicted molar refractivity (Wildman–Crippen MR) is 96.7 cm³/mol. The first-order valence-electron chi connectivity index (χ1n) is 8.42. The number of imidazole rings is 2. The number of aromatic nitrogens is 4. The number of aryl methyl sites for hydroxylation is 2. The van der Waals surface area contributed by atoms with Crippen LogP contribution in [0, 0.1) is 0 Å². The highest BCUT2D eigenvalue weighted by Gasteiger charge is 2.06. The second kappa shape index (κ2) is 6.40. The van der Waals surface area contributed by atoms with E-state index >= 15 is 0 Å². The molecule has 2 aromatic carbocycles. The number of rotatable bonds is 4. The first-order chi connectivity index (χ1) is 12.2. The van der Waals surface area contributed by atoms with E-state index in [1.165, 1.54) is 22.5 Å². The van der Waals surface area contributed by atoms with Crippen molar-refractivity contribution >= 4 is 0 Å². The van der Waals surface area contributed by atoms with Crippen molar-refractivity contribution in [1.82, 2.24) is 9.13 Å². The quantitative estimate of drug-likeness (QED) is 0.512. The second-order valence-electron chi connectivity index (χ2n) is 6.48. The summed E-state index contributed by atoms with van der Waals surface area (Å²) >= 11 is 0. The van der Waals surface area contributed by atoms with Crippen LogP contribution in [0.1, 0.15) is 11.1 Å². The smallest absolute Gasteiger partial charge is 0.239 e. The van der Waals surface area contributed by atoms with Gasteiger partial charge in [0.05, 0.1) is 14.1 Å². The maximum atomic E-state index is 2.20. The largest absolute Gasteiger partial charge is 0.248 e. The summed E-state index contributed by atoms with van der Waals surface area (Å²) in [5.41, 5.74) is 5.00. The maximum absolute atomic E-state index is 2.20. The molecule has 4 nitrogen and oxygen atoms in total. The summed E-state index contributed by atoms with van der Waals surface area (Å²) in [5.74, 6) is 0. The van der Waals surface area contributed by atoms with Gasteiger partial charge in [-0.1, -0.05) is 24.3 Å². The summed E-state index contributed by atoms with van der Waals surface area (Å²) in [5, 5.41) is 0. The monoisotopic (exact) mass is 330 g/mol. The lowest BCUT2D eigenvalue weighted by Gasteiger charge is -2.04. The molecule has 0 aliphatic carbocycles. The molecule has 25 heavy (non-hydrogen) atoms. The van der Waals surface area contributed by atoms with E-state index in [1.807, 2.05) is 35.6 Å². The minimum atomic E-state index is 0.944. The fourth-order valence-electron chi connectivity index (χ4n) is 3.01. The van der Waals surface area contributed by atoms with Crippen LogP contribution in [-0.4, -0.2) is 9.13 Å². The summed E-state index contributed by atoms with van der Waals surface area (Å²) in [4.78, 5) is 0. The minimum absolute atomic E-state index is 0.944. The Balaban J connectivity index is 1.48. The Labute approximate surface area is 147 Å². The first-order valence-corrected chi connectivity index (χ1v) is 8.42. The van der Waals surface area contributed by atoms with Gasteiger partial charge in [-0.25, -0.2) is 18.3 Å². The third kappa shape index (κ3) is 3.38. The normalized spacial score (nSPS) is 11.0. The molecule has 0 radical (unpaired) electrons. The average Bonchev–Trinajstić information content (AvgIpc) is 3.25. The van der Waals surface area contributed by atoms with Crippen LogP contribution >= 0.6 is 0 Å². The Morgan fingerprint density at radius 1 is 0.640 bits per heavy atom. The number of hydrogen-bond acceptors (Lipinski definition) is 0. The Hall–Kier alpha value is -3.14. The Morgan fingerprint density at radius 2 is 1.04 bits per heavy atom. The molecular weight excluding hydrogens is 308 g/mol. The van der Waals surface area contributed by atoms with Crippen LogP contribution < -0.4 is 9.13 Å². The Kier molecular flexibility index (Phi) is 3.94. The van der Waals surface area contributed by atoms with Crippen LogP contribution in [0.15, 0.2) is 86.0 Å². The highest BCUT2D eigenvalue weighted by atomic mass is 15.1. The number of hydrogen-bond donors (Lipinski definition) is 0. The molecule has 0 aliphatic heterocycles. The van der Waals surface area contributed by atoms with Gasteiger partial charge in [-0.05, 0) is 41.8 Å². The molecule has 0 spiro atoms. The lowest BCUT2D eigenvalue weighted by atomic mass is 10.0. The van der Waals surface area contributed by atoms with Gasteiger partial charge >= 0.3 is 0 Å². The van der Waals surface area contributed by atoms with Crippen molar-refractivity contribution in [3.8, 4) is 11.4 Å². The van der Waals surface area contributed by atoms with E-state index < -0.39 is 0 Å². The van der Waals surface area contributed by atoms with Crippen molar-refractivity contribution in [2.75, 3.05) is 0 Å². The molecule has 0 amide bonds. The molecule has 0 fully saturated rings. The lowest BCUT2D eigenvalue weighted by molar-refractivity contribution is -0.670. The van der Waals surface area contributed by atoms with Crippen LogP contribution in [0.25, 0.3) is 11.4 Å². The van der Waals surface area contributed by atoms with Crippen LogP contribution in [0.2, 0.25) is 0 Å². The van der Waals surface area contributed by atoms with Gasteiger partial charge < -0.3 is 0 Å². The van der Waals surface area contributed by atoms with E-state index in [1.54, 1.807) is 0 Å². The van der Waals surface area contributed by atoms with E-state index in [-0.39, 0.29) is 0 Å². The van der Waals surface area contributed by atoms with Gasteiger partial charge in [0.15, 0.2) is 0 Å². The summed E-state index contributed by atoms with van der Waals surface area (Å²) in [6.45, 7) is 0. The van der Waals surface area contributed by atoms with Gasteiger partial charge in [0.25, 0.3) is 0 Å². The standard InChI is InChI=1S/C21H22N4/c1-22-11-13-24(16-22)20-7-3-18(4-8-20)15-19-5-9-21(10-6-19)25-14-12-23(2)17-25/h3-14,16-17H,15H2,1-2H3/q+2. The number of benzene rings is 2. The van der Waals surface area contributed by atoms with Crippen LogP contribution in [-0.2, 0) is 20.5 Å². The first kappa shape index (κ1) is 15.4. The molecular formula is C21H22N4+2. The SMILES string of the molecule is C[n+]1ccn(-c2ccc(Cc3ccc(-n4cc[n+](C)c4)cc3)cc2)c1. The Bertz CT molecular complexity index is 894. The predicted octanol–water partition coefficient (Wildman–Crippen LogP) is 2.51. The van der Waals surface area contributed by atoms with E-state index in [2.05, 4.69) is 82.7 Å². The van der Waals surface area contributed by atoms with E-state index in [4.69, 9.17) is 0 Å². The molecule has 124 valence electrons. The maximum Gasteiger partial charge on any atom is 0.248 e. The topological polar surface area (TPSA) is 17.6 Å². The molecule has 4 aromatic rings. The van der Waals surface area contributed by atoms with Gasteiger partial charge in [0, 0.05) is 0 Å². The van der Waals surface area contributed by atoms with Crippen LogP contribution in [0.4, 0.5) is 0 Å². The van der Waals surface area contributed by atoms with Crippen LogP contribution in [0.3, 0.4) is 0 Å². The fraction of sp³-hybridized carbons (Fsp3) is 0.143. The highest BCUT2D eigenvalue weighted by molar-refractivity contribution is 5.39. The molecule has 0 aliphatic rings. The van der Waals surface area contributed by atoms with Crippen molar-refractivity contribution in [1.29, 1.82) is 0 Å². The molecule has 2 aromatic heterocycles. The molecule has 0 atom stereocenters. The third-order valence-corrected chi connectivity index (χ3v) is 4.42. The Morgan fingerprint density at radius 3 is 1.36 bits per heavy atom. The van der Waals surface area contributed by atoms with Crippen molar-refractivity contribution in [2.45, 2.75) is 6.42 Å². The van der Waals surface area contributed by atoms with Crippen molar-refractivity contribution in [2.24, 2.45) is 14.1 Å². The van der Waals surface area contributed by atoms with E-state index in [0.717, 1.165) is 6.42 Å². The fourth-order valence-corrected chi connectivity index (χ4v) is 3.01. The highest BCUT2D eigenvalue weighted by Crippen LogP contribution is 2.15. The molecule has 0 bridgehead atoms. The summed E-state index contributed by atoms with van der Waals surface area (Å²) in [6.07, 6.45) is 13.3. The molecule has 0 unspecified atom stereocenters. The minimum Gasteiger partial charge on any atom is -0.239 e. The van der Waals surface area contributed by atoms with Gasteiger partial charge in [-0.15, -0.1) is 0 Å². The zero-order valence-electron chi connectivity index (χ0n) is 14.6. The van der Waals surface area contributed by atoms with Gasteiger partial charge in [-0.3, -0.25) is 0 Å². The number of nitrogens with zero attached hydrogens (tertiary/aromatic N) is 4. The summed E-state index contributed by atoms with van der Waals surface area (Å²) < 4.78 is 8.33. The molecule has 4 rings (SSSR count).